The molecule has 0 unspecified atom stereocenters. The smallest absolute Gasteiger partial charge is 0.416 e. The Bertz CT molecular complexity index is 662. The Morgan fingerprint density at radius 1 is 1.27 bits per heavy atom. The van der Waals surface area contributed by atoms with Crippen LogP contribution < -0.4 is 0 Å². The van der Waals surface area contributed by atoms with Gasteiger partial charge in [-0.25, -0.2) is 4.79 Å². The molecule has 1 aromatic carbocycles. The van der Waals surface area contributed by atoms with Crippen molar-refractivity contribution in [3.63, 3.8) is 0 Å². The molecular weight excluding hydrogens is 381 g/mol. The number of ether oxygens (including phenoxy) is 1. The number of benzene rings is 1. The lowest BCUT2D eigenvalue weighted by Gasteiger charge is -2.06. The Morgan fingerprint density at radius 2 is 1.91 bits per heavy atom. The van der Waals surface area contributed by atoms with Crippen LogP contribution in [0, 0.1) is 0 Å². The highest BCUT2D eigenvalue weighted by atomic mass is 79.9. The summed E-state index contributed by atoms with van der Waals surface area (Å²) >= 11 is 4.54. The van der Waals surface area contributed by atoms with Crippen LogP contribution in [0.5, 0.6) is 0 Å². The van der Waals surface area contributed by atoms with Crippen molar-refractivity contribution in [2.45, 2.75) is 12.6 Å². The molecule has 0 aliphatic carbocycles. The van der Waals surface area contributed by atoms with Crippen LogP contribution in [0.1, 0.15) is 20.8 Å². The first-order chi connectivity index (χ1) is 10.4. The first-order valence-corrected chi connectivity index (χ1v) is 8.25. The van der Waals surface area contributed by atoms with Gasteiger partial charge < -0.3 is 4.74 Å². The van der Waals surface area contributed by atoms with Gasteiger partial charge in [0.05, 0.1) is 12.7 Å². The number of methoxy groups -OCH3 is 1. The van der Waals surface area contributed by atoms with Gasteiger partial charge in [0.1, 0.15) is 4.88 Å². The van der Waals surface area contributed by atoms with Gasteiger partial charge in [0, 0.05) is 10.2 Å². The summed E-state index contributed by atoms with van der Waals surface area (Å²) in [5.41, 5.74) is 0.772. The highest BCUT2D eigenvalue weighted by molar-refractivity contribution is 9.09. The minimum Gasteiger partial charge on any atom is -0.465 e. The molecule has 0 saturated carbocycles. The molecule has 1 heterocycles. The maximum absolute atomic E-state index is 12.6. The average molecular weight is 393 g/mol. The highest BCUT2D eigenvalue weighted by Gasteiger charge is 2.30. The maximum atomic E-state index is 12.6. The van der Waals surface area contributed by atoms with Crippen molar-refractivity contribution < 1.29 is 22.7 Å². The number of esters is 1. The first kappa shape index (κ1) is 17.0. The number of carbonyl (C=O) groups excluding carboxylic acids is 1. The predicted octanol–water partition coefficient (Wildman–Crippen LogP) is 5.16. The molecule has 0 atom stereocenters. The van der Waals surface area contributed by atoms with Gasteiger partial charge >= 0.3 is 12.1 Å². The third-order valence-electron chi connectivity index (χ3n) is 3.04. The number of rotatable bonds is 4. The fourth-order valence-electron chi connectivity index (χ4n) is 1.95. The van der Waals surface area contributed by atoms with E-state index in [1.54, 1.807) is 0 Å². The number of carbonyl (C=O) groups is 1. The molecular formula is C15H12BrF3O2S. The molecule has 0 bridgehead atoms. The molecule has 7 heteroatoms. The van der Waals surface area contributed by atoms with E-state index in [1.807, 2.05) is 6.07 Å². The zero-order valence-electron chi connectivity index (χ0n) is 11.5. The van der Waals surface area contributed by atoms with Crippen molar-refractivity contribution in [1.82, 2.24) is 0 Å². The lowest BCUT2D eigenvalue weighted by Crippen LogP contribution is -2.03. The van der Waals surface area contributed by atoms with E-state index in [9.17, 15) is 18.0 Å². The normalized spacial score (nSPS) is 11.5. The summed E-state index contributed by atoms with van der Waals surface area (Å²) in [6, 6.07) is 6.72. The molecule has 0 amide bonds. The van der Waals surface area contributed by atoms with Gasteiger partial charge in [0.15, 0.2) is 0 Å². The number of halogens is 4. The maximum Gasteiger partial charge on any atom is 0.416 e. The average Bonchev–Trinajstić information content (AvgIpc) is 2.90. The van der Waals surface area contributed by atoms with E-state index in [4.69, 9.17) is 4.74 Å². The second-order valence-electron chi connectivity index (χ2n) is 4.47. The molecule has 0 saturated heterocycles. The van der Waals surface area contributed by atoms with Crippen molar-refractivity contribution in [2.75, 3.05) is 12.4 Å². The number of thiophene rings is 1. The van der Waals surface area contributed by atoms with E-state index in [2.05, 4.69) is 15.9 Å². The second kappa shape index (κ2) is 6.83. The summed E-state index contributed by atoms with van der Waals surface area (Å²) in [6.07, 6.45) is -3.71. The zero-order chi connectivity index (χ0) is 16.3. The van der Waals surface area contributed by atoms with E-state index in [0.29, 0.717) is 22.2 Å². The quantitative estimate of drug-likeness (QED) is 0.530. The highest BCUT2D eigenvalue weighted by Crippen LogP contribution is 2.35. The molecule has 2 nitrogen and oxygen atoms in total. The van der Waals surface area contributed by atoms with Crippen LogP contribution in [0.25, 0.3) is 10.4 Å². The summed E-state index contributed by atoms with van der Waals surface area (Å²) in [4.78, 5) is 13.0. The van der Waals surface area contributed by atoms with Crippen LogP contribution in [0.2, 0.25) is 0 Å². The lowest BCUT2D eigenvalue weighted by molar-refractivity contribution is -0.137. The third-order valence-corrected chi connectivity index (χ3v) is 4.64. The van der Waals surface area contributed by atoms with Gasteiger partial charge in [0.25, 0.3) is 0 Å². The lowest BCUT2D eigenvalue weighted by atomic mass is 10.1. The summed E-state index contributed by atoms with van der Waals surface area (Å²) in [7, 11) is 1.30. The van der Waals surface area contributed by atoms with Crippen LogP contribution in [0.4, 0.5) is 13.2 Å². The molecule has 1 aromatic heterocycles. The Balaban J connectivity index is 2.38. The number of aryl methyl sites for hydroxylation is 1. The van der Waals surface area contributed by atoms with Gasteiger partial charge in [-0.05, 0) is 35.7 Å². The predicted molar refractivity (Wildman–Crippen MR) is 83.6 cm³/mol. The molecule has 0 fully saturated rings. The largest absolute Gasteiger partial charge is 0.465 e. The van der Waals surface area contributed by atoms with Crippen molar-refractivity contribution in [3.8, 4) is 10.4 Å². The van der Waals surface area contributed by atoms with Gasteiger partial charge in [-0.1, -0.05) is 28.1 Å². The molecule has 0 aliphatic rings. The minimum absolute atomic E-state index is 0.431. The Labute approximate surface area is 138 Å². The number of hydrogen-bond acceptors (Lipinski definition) is 3. The van der Waals surface area contributed by atoms with Crippen molar-refractivity contribution >= 4 is 33.2 Å². The summed E-state index contributed by atoms with van der Waals surface area (Å²) in [5, 5.41) is 0.681. The molecule has 0 aliphatic heterocycles. The van der Waals surface area contributed by atoms with Crippen molar-refractivity contribution in [3.05, 3.63) is 46.3 Å². The molecule has 0 radical (unpaired) electrons. The van der Waals surface area contributed by atoms with E-state index >= 15 is 0 Å². The Morgan fingerprint density at radius 3 is 2.41 bits per heavy atom. The standard InChI is InChI=1S/C15H12BrF3O2S/c1-21-14(20)13-10(6-7-16)8-12(22-13)9-2-4-11(5-3-9)15(17,18)19/h2-5,8H,6-7H2,1H3. The van der Waals surface area contributed by atoms with Gasteiger partial charge in [-0.3, -0.25) is 0 Å². The summed E-state index contributed by atoms with van der Waals surface area (Å²) in [5.74, 6) is -0.431. The minimum atomic E-state index is -4.35. The number of alkyl halides is 4. The first-order valence-electron chi connectivity index (χ1n) is 6.31. The molecule has 118 valence electrons. The van der Waals surface area contributed by atoms with E-state index in [-0.39, 0.29) is 0 Å². The molecule has 0 N–H and O–H groups in total. The van der Waals surface area contributed by atoms with E-state index in [1.165, 1.54) is 30.6 Å². The topological polar surface area (TPSA) is 26.3 Å². The van der Waals surface area contributed by atoms with Crippen LogP contribution in [0.3, 0.4) is 0 Å². The Kier molecular flexibility index (Phi) is 5.28. The Hall–Kier alpha value is -1.34. The second-order valence-corrected chi connectivity index (χ2v) is 6.32. The molecule has 0 spiro atoms. The van der Waals surface area contributed by atoms with Crippen LogP contribution >= 0.6 is 27.3 Å². The molecule has 2 aromatic rings. The third kappa shape index (κ3) is 3.70. The molecule has 2 rings (SSSR count). The van der Waals surface area contributed by atoms with E-state index < -0.39 is 17.7 Å². The van der Waals surface area contributed by atoms with Crippen LogP contribution in [0.15, 0.2) is 30.3 Å². The fraction of sp³-hybridized carbons (Fsp3) is 0.267. The summed E-state index contributed by atoms with van der Waals surface area (Å²) in [6.45, 7) is 0. The van der Waals surface area contributed by atoms with Crippen LogP contribution in [-0.4, -0.2) is 18.4 Å². The van der Waals surface area contributed by atoms with E-state index in [0.717, 1.165) is 22.6 Å². The number of hydrogen-bond donors (Lipinski definition) is 0. The summed E-state index contributed by atoms with van der Waals surface area (Å²) < 4.78 is 42.5. The van der Waals surface area contributed by atoms with Gasteiger partial charge in [-0.15, -0.1) is 11.3 Å². The monoisotopic (exact) mass is 392 g/mol. The molecule has 22 heavy (non-hydrogen) atoms. The fourth-order valence-corrected chi connectivity index (χ4v) is 3.51. The van der Waals surface area contributed by atoms with Crippen LogP contribution in [-0.2, 0) is 17.3 Å². The SMILES string of the molecule is COC(=O)c1sc(-c2ccc(C(F)(F)F)cc2)cc1CCBr. The van der Waals surface area contributed by atoms with Gasteiger partial charge in [-0.2, -0.15) is 13.2 Å². The van der Waals surface area contributed by atoms with Crippen molar-refractivity contribution in [2.24, 2.45) is 0 Å². The van der Waals surface area contributed by atoms with Crippen molar-refractivity contribution in [1.29, 1.82) is 0 Å². The van der Waals surface area contributed by atoms with Gasteiger partial charge in [0.2, 0.25) is 0 Å². The zero-order valence-corrected chi connectivity index (χ0v) is 13.9.